The summed E-state index contributed by atoms with van der Waals surface area (Å²) in [5, 5.41) is 0.789. The molecule has 1 atom stereocenters. The maximum Gasteiger partial charge on any atom is 0.416 e. The molecule has 0 radical (unpaired) electrons. The zero-order chi connectivity index (χ0) is 18.1. The fraction of sp³-hybridized carbons (Fsp3) is 0.0952. The van der Waals surface area contributed by atoms with Gasteiger partial charge in [-0.1, -0.05) is 60.7 Å². The molecule has 4 aromatic rings. The molecule has 4 rings (SSSR count). The van der Waals surface area contributed by atoms with Crippen molar-refractivity contribution in [2.24, 2.45) is 0 Å². The molecule has 0 saturated heterocycles. The summed E-state index contributed by atoms with van der Waals surface area (Å²) in [6.07, 6.45) is -4.37. The lowest BCUT2D eigenvalue weighted by Crippen LogP contribution is -2.08. The zero-order valence-electron chi connectivity index (χ0n) is 13.6. The molecule has 0 amide bonds. The van der Waals surface area contributed by atoms with E-state index in [-0.39, 0.29) is 5.92 Å². The monoisotopic (exact) mass is 369 g/mol. The van der Waals surface area contributed by atoms with Crippen LogP contribution >= 0.6 is 11.3 Å². The van der Waals surface area contributed by atoms with Crippen LogP contribution < -0.4 is 0 Å². The molecule has 0 fully saturated rings. The highest BCUT2D eigenvalue weighted by Gasteiger charge is 2.31. The Balaban J connectivity index is 1.89. The van der Waals surface area contributed by atoms with Gasteiger partial charge in [0, 0.05) is 0 Å². The standard InChI is InChI=1S/C21H14F3NS/c22-21(23,24)16-10-6-9-15(13-16)19(14-7-2-1-3-8-14)20-25-17-11-4-5-12-18(17)26-20/h1-13,19H. The highest BCUT2D eigenvalue weighted by molar-refractivity contribution is 7.18. The number of alkyl halides is 3. The molecule has 130 valence electrons. The van der Waals surface area contributed by atoms with Gasteiger partial charge in [-0.3, -0.25) is 0 Å². The van der Waals surface area contributed by atoms with Crippen LogP contribution in [-0.2, 0) is 6.18 Å². The third kappa shape index (κ3) is 3.22. The van der Waals surface area contributed by atoms with Crippen molar-refractivity contribution in [1.82, 2.24) is 4.98 Å². The second-order valence-electron chi connectivity index (χ2n) is 5.99. The van der Waals surface area contributed by atoms with Gasteiger partial charge in [-0.15, -0.1) is 11.3 Å². The van der Waals surface area contributed by atoms with Gasteiger partial charge in [-0.25, -0.2) is 4.98 Å². The van der Waals surface area contributed by atoms with Crippen LogP contribution in [0.2, 0.25) is 0 Å². The molecule has 3 aromatic carbocycles. The average molecular weight is 369 g/mol. The third-order valence-electron chi connectivity index (χ3n) is 4.24. The number of thiazole rings is 1. The molecule has 1 heterocycles. The highest BCUT2D eigenvalue weighted by atomic mass is 32.1. The first-order valence-electron chi connectivity index (χ1n) is 8.10. The van der Waals surface area contributed by atoms with E-state index in [1.165, 1.54) is 23.5 Å². The molecule has 5 heteroatoms. The summed E-state index contributed by atoms with van der Waals surface area (Å²) in [5.74, 6) is -0.337. The number of halogens is 3. The van der Waals surface area contributed by atoms with Crippen molar-refractivity contribution in [3.8, 4) is 0 Å². The van der Waals surface area contributed by atoms with Gasteiger partial charge in [0.2, 0.25) is 0 Å². The summed E-state index contributed by atoms with van der Waals surface area (Å²) < 4.78 is 40.6. The molecule has 1 aromatic heterocycles. The fourth-order valence-corrected chi connectivity index (χ4v) is 4.16. The molecule has 1 nitrogen and oxygen atoms in total. The first-order chi connectivity index (χ1) is 12.5. The summed E-state index contributed by atoms with van der Waals surface area (Å²) in [4.78, 5) is 4.69. The van der Waals surface area contributed by atoms with E-state index in [2.05, 4.69) is 0 Å². The van der Waals surface area contributed by atoms with Gasteiger partial charge in [-0.2, -0.15) is 13.2 Å². The quantitative estimate of drug-likeness (QED) is 0.402. The number of hydrogen-bond donors (Lipinski definition) is 0. The summed E-state index contributed by atoms with van der Waals surface area (Å²) in [5.41, 5.74) is 1.73. The average Bonchev–Trinajstić information content (AvgIpc) is 3.06. The number of rotatable bonds is 3. The Labute approximate surface area is 152 Å². The normalized spacial score (nSPS) is 13.0. The van der Waals surface area contributed by atoms with Crippen molar-refractivity contribution in [2.45, 2.75) is 12.1 Å². The number of aromatic nitrogens is 1. The van der Waals surface area contributed by atoms with Gasteiger partial charge in [0.1, 0.15) is 5.01 Å². The van der Waals surface area contributed by atoms with Gasteiger partial charge >= 0.3 is 6.18 Å². The van der Waals surface area contributed by atoms with E-state index < -0.39 is 11.7 Å². The predicted octanol–water partition coefficient (Wildman–Crippen LogP) is 6.50. The lowest BCUT2D eigenvalue weighted by molar-refractivity contribution is -0.137. The van der Waals surface area contributed by atoms with Crippen LogP contribution in [0.25, 0.3) is 10.2 Å². The minimum Gasteiger partial charge on any atom is -0.240 e. The number of nitrogens with zero attached hydrogens (tertiary/aromatic N) is 1. The molecule has 0 aliphatic heterocycles. The lowest BCUT2D eigenvalue weighted by atomic mass is 9.90. The van der Waals surface area contributed by atoms with E-state index in [9.17, 15) is 13.2 Å². The second kappa shape index (κ2) is 6.57. The number of hydrogen-bond acceptors (Lipinski definition) is 2. The first kappa shape index (κ1) is 16.8. The highest BCUT2D eigenvalue weighted by Crippen LogP contribution is 2.38. The van der Waals surface area contributed by atoms with E-state index in [0.29, 0.717) is 5.56 Å². The summed E-state index contributed by atoms with van der Waals surface area (Å²) in [6, 6.07) is 22.8. The van der Waals surface area contributed by atoms with Crippen LogP contribution in [0.3, 0.4) is 0 Å². The Bertz CT molecular complexity index is 1000. The molecule has 0 aliphatic rings. The van der Waals surface area contributed by atoms with Crippen molar-refractivity contribution >= 4 is 21.6 Å². The SMILES string of the molecule is FC(F)(F)c1cccc(C(c2ccccc2)c2nc3ccccc3s2)c1. The first-order valence-corrected chi connectivity index (χ1v) is 8.91. The Morgan fingerprint density at radius 3 is 2.19 bits per heavy atom. The number of benzene rings is 3. The van der Waals surface area contributed by atoms with E-state index in [0.717, 1.165) is 26.9 Å². The van der Waals surface area contributed by atoms with Crippen LogP contribution in [0.4, 0.5) is 13.2 Å². The van der Waals surface area contributed by atoms with Gasteiger partial charge in [0.05, 0.1) is 21.7 Å². The van der Waals surface area contributed by atoms with Crippen LogP contribution in [0.15, 0.2) is 78.9 Å². The van der Waals surface area contributed by atoms with Crippen molar-refractivity contribution in [3.05, 3.63) is 101 Å². The van der Waals surface area contributed by atoms with Crippen LogP contribution in [0.5, 0.6) is 0 Å². The van der Waals surface area contributed by atoms with E-state index in [4.69, 9.17) is 4.98 Å². The topological polar surface area (TPSA) is 12.9 Å². The van der Waals surface area contributed by atoms with Gasteiger partial charge in [-0.05, 0) is 29.3 Å². The summed E-state index contributed by atoms with van der Waals surface area (Å²) in [6.45, 7) is 0. The molecular formula is C21H14F3NS. The van der Waals surface area contributed by atoms with Crippen LogP contribution in [0, 0.1) is 0 Å². The second-order valence-corrected chi connectivity index (χ2v) is 7.05. The Morgan fingerprint density at radius 2 is 1.46 bits per heavy atom. The third-order valence-corrected chi connectivity index (χ3v) is 5.34. The number of fused-ring (bicyclic) bond motifs is 1. The largest absolute Gasteiger partial charge is 0.416 e. The molecule has 0 spiro atoms. The van der Waals surface area contributed by atoms with E-state index in [1.54, 1.807) is 6.07 Å². The maximum absolute atomic E-state index is 13.2. The zero-order valence-corrected chi connectivity index (χ0v) is 14.4. The fourth-order valence-electron chi connectivity index (χ4n) is 3.03. The van der Waals surface area contributed by atoms with Gasteiger partial charge in [0.25, 0.3) is 0 Å². The molecule has 1 unspecified atom stereocenters. The minimum atomic E-state index is -4.37. The Hall–Kier alpha value is -2.66. The van der Waals surface area contributed by atoms with Crippen molar-refractivity contribution in [3.63, 3.8) is 0 Å². The molecule has 0 aliphatic carbocycles. The molecule has 0 saturated carbocycles. The molecule has 26 heavy (non-hydrogen) atoms. The van der Waals surface area contributed by atoms with Crippen molar-refractivity contribution < 1.29 is 13.2 Å². The minimum absolute atomic E-state index is 0.337. The summed E-state index contributed by atoms with van der Waals surface area (Å²) >= 11 is 1.52. The van der Waals surface area contributed by atoms with Crippen molar-refractivity contribution in [2.75, 3.05) is 0 Å². The van der Waals surface area contributed by atoms with E-state index in [1.807, 2.05) is 54.6 Å². The number of para-hydroxylation sites is 1. The predicted molar refractivity (Wildman–Crippen MR) is 98.5 cm³/mol. The Morgan fingerprint density at radius 1 is 0.769 bits per heavy atom. The van der Waals surface area contributed by atoms with Crippen LogP contribution in [0.1, 0.15) is 27.6 Å². The van der Waals surface area contributed by atoms with Gasteiger partial charge in [0.15, 0.2) is 0 Å². The lowest BCUT2D eigenvalue weighted by Gasteiger charge is -2.17. The smallest absolute Gasteiger partial charge is 0.240 e. The molecule has 0 bridgehead atoms. The maximum atomic E-state index is 13.2. The molecule has 0 N–H and O–H groups in total. The summed E-state index contributed by atoms with van der Waals surface area (Å²) in [7, 11) is 0. The van der Waals surface area contributed by atoms with Crippen molar-refractivity contribution in [1.29, 1.82) is 0 Å². The van der Waals surface area contributed by atoms with E-state index >= 15 is 0 Å². The van der Waals surface area contributed by atoms with Gasteiger partial charge < -0.3 is 0 Å². The van der Waals surface area contributed by atoms with Crippen LogP contribution in [-0.4, -0.2) is 4.98 Å². The molecular weight excluding hydrogens is 355 g/mol. The Kier molecular flexibility index (Phi) is 4.24.